The van der Waals surface area contributed by atoms with Crippen LogP contribution >= 0.6 is 15.9 Å². The van der Waals surface area contributed by atoms with E-state index in [0.717, 1.165) is 0 Å². The predicted molar refractivity (Wildman–Crippen MR) is 72.8 cm³/mol. The molecule has 0 saturated heterocycles. The zero-order valence-electron chi connectivity index (χ0n) is 10.1. The van der Waals surface area contributed by atoms with Crippen molar-refractivity contribution in [2.45, 2.75) is 0 Å². The van der Waals surface area contributed by atoms with E-state index in [0.29, 0.717) is 6.07 Å². The van der Waals surface area contributed by atoms with E-state index in [1.165, 1.54) is 18.2 Å². The van der Waals surface area contributed by atoms with E-state index < -0.39 is 28.3 Å². The lowest BCUT2D eigenvalue weighted by Crippen LogP contribution is -2.11. The van der Waals surface area contributed by atoms with Gasteiger partial charge in [0.15, 0.2) is 23.2 Å². The van der Waals surface area contributed by atoms with Gasteiger partial charge in [0.1, 0.15) is 4.47 Å². The summed E-state index contributed by atoms with van der Waals surface area (Å²) in [7, 11) is 0. The molecule has 0 atom stereocenters. The minimum atomic E-state index is -1.08. The number of aromatic nitrogens is 1. The molecule has 0 amide bonds. The lowest BCUT2D eigenvalue weighted by atomic mass is 10.3. The van der Waals surface area contributed by atoms with Gasteiger partial charge in [-0.05, 0) is 22.0 Å². The maximum atomic E-state index is 13.6. The second-order valence-electron chi connectivity index (χ2n) is 3.70. The van der Waals surface area contributed by atoms with Crippen LogP contribution in [0, 0.1) is 21.7 Å². The number of rotatable bonds is 4. The highest BCUT2D eigenvalue weighted by Crippen LogP contribution is 2.36. The quantitative estimate of drug-likeness (QED) is 0.493. The molecular formula is C11H7BrF2N4O3. The van der Waals surface area contributed by atoms with E-state index in [1.807, 2.05) is 5.43 Å². The number of ether oxygens (including phenoxy) is 1. The van der Waals surface area contributed by atoms with Crippen molar-refractivity contribution in [2.75, 3.05) is 5.43 Å². The van der Waals surface area contributed by atoms with Crippen molar-refractivity contribution in [3.05, 3.63) is 50.5 Å². The summed E-state index contributed by atoms with van der Waals surface area (Å²) < 4.78 is 31.9. The normalized spacial score (nSPS) is 10.3. The molecule has 110 valence electrons. The van der Waals surface area contributed by atoms with Crippen LogP contribution in [0.2, 0.25) is 0 Å². The standard InChI is InChI=1S/C11H7BrF2N4O3/c12-9-7(18(19)20)2-1-3-8(9)21-11-6(14)4-5(13)10(16-11)17-15/h1-4H,15H2,(H,16,17). The third-order valence-corrected chi connectivity index (χ3v) is 3.18. The molecule has 0 spiro atoms. The number of hydrogen-bond acceptors (Lipinski definition) is 6. The molecule has 0 aliphatic heterocycles. The smallest absolute Gasteiger partial charge is 0.287 e. The summed E-state index contributed by atoms with van der Waals surface area (Å²) in [6.07, 6.45) is 0. The molecule has 1 aromatic heterocycles. The number of nitrogens with two attached hydrogens (primary N) is 1. The fraction of sp³-hybridized carbons (Fsp3) is 0. The van der Waals surface area contributed by atoms with Gasteiger partial charge in [0, 0.05) is 12.1 Å². The van der Waals surface area contributed by atoms with Gasteiger partial charge >= 0.3 is 0 Å². The molecule has 0 bridgehead atoms. The third kappa shape index (κ3) is 3.06. The number of pyridine rings is 1. The van der Waals surface area contributed by atoms with Crippen molar-refractivity contribution < 1.29 is 18.4 Å². The van der Waals surface area contributed by atoms with Crippen LogP contribution in [0.25, 0.3) is 0 Å². The van der Waals surface area contributed by atoms with Crippen LogP contribution in [-0.2, 0) is 0 Å². The molecule has 2 rings (SSSR count). The van der Waals surface area contributed by atoms with Crippen molar-refractivity contribution in [1.29, 1.82) is 0 Å². The molecule has 0 fully saturated rings. The minimum absolute atomic E-state index is 0.00258. The number of hydrogen-bond donors (Lipinski definition) is 2. The molecule has 1 aromatic carbocycles. The van der Waals surface area contributed by atoms with Gasteiger partial charge in [-0.3, -0.25) is 10.1 Å². The first-order valence-corrected chi connectivity index (χ1v) is 6.16. The van der Waals surface area contributed by atoms with Crippen molar-refractivity contribution in [3.8, 4) is 11.6 Å². The van der Waals surface area contributed by atoms with E-state index in [1.54, 1.807) is 0 Å². The van der Waals surface area contributed by atoms with Crippen LogP contribution in [0.4, 0.5) is 20.3 Å². The minimum Gasteiger partial charge on any atom is -0.435 e. The molecule has 0 unspecified atom stereocenters. The maximum absolute atomic E-state index is 13.6. The lowest BCUT2D eigenvalue weighted by Gasteiger charge is -2.09. The summed E-state index contributed by atoms with van der Waals surface area (Å²) in [5.74, 6) is 1.90. The Hall–Kier alpha value is -2.33. The van der Waals surface area contributed by atoms with E-state index in [-0.39, 0.29) is 15.9 Å². The van der Waals surface area contributed by atoms with Gasteiger partial charge in [-0.2, -0.15) is 4.98 Å². The van der Waals surface area contributed by atoms with Crippen LogP contribution in [0.5, 0.6) is 11.6 Å². The Morgan fingerprint density at radius 1 is 1.38 bits per heavy atom. The predicted octanol–water partition coefficient (Wildman–Crippen LogP) is 3.11. The highest BCUT2D eigenvalue weighted by Gasteiger charge is 2.19. The molecule has 0 radical (unpaired) electrons. The second-order valence-corrected chi connectivity index (χ2v) is 4.49. The highest BCUT2D eigenvalue weighted by molar-refractivity contribution is 9.10. The number of anilines is 1. The average molecular weight is 361 g/mol. The molecule has 1 heterocycles. The average Bonchev–Trinajstić information content (AvgIpc) is 2.43. The molecule has 10 heteroatoms. The summed E-state index contributed by atoms with van der Waals surface area (Å²) in [5, 5.41) is 10.8. The number of nitrogens with one attached hydrogen (secondary N) is 1. The largest absolute Gasteiger partial charge is 0.435 e. The third-order valence-electron chi connectivity index (χ3n) is 2.38. The molecular weight excluding hydrogens is 354 g/mol. The fourth-order valence-corrected chi connectivity index (χ4v) is 1.94. The van der Waals surface area contributed by atoms with Gasteiger partial charge in [-0.25, -0.2) is 14.6 Å². The SMILES string of the molecule is NNc1nc(Oc2cccc([N+](=O)[O-])c2Br)c(F)cc1F. The first kappa shape index (κ1) is 15.1. The van der Waals surface area contributed by atoms with Crippen molar-refractivity contribution in [3.63, 3.8) is 0 Å². The molecule has 0 saturated carbocycles. The van der Waals surface area contributed by atoms with Gasteiger partial charge in [0.05, 0.1) is 4.92 Å². The molecule has 2 aromatic rings. The van der Waals surface area contributed by atoms with E-state index in [9.17, 15) is 18.9 Å². The van der Waals surface area contributed by atoms with Crippen LogP contribution in [0.1, 0.15) is 0 Å². The highest BCUT2D eigenvalue weighted by atomic mass is 79.9. The fourth-order valence-electron chi connectivity index (χ4n) is 1.45. The number of benzene rings is 1. The van der Waals surface area contributed by atoms with Gasteiger partial charge in [0.2, 0.25) is 0 Å². The number of nitro groups is 1. The first-order valence-electron chi connectivity index (χ1n) is 5.37. The van der Waals surface area contributed by atoms with E-state index >= 15 is 0 Å². The van der Waals surface area contributed by atoms with Gasteiger partial charge in [-0.15, -0.1) is 0 Å². The van der Waals surface area contributed by atoms with Crippen molar-refractivity contribution in [1.82, 2.24) is 4.98 Å². The number of hydrazine groups is 1. The first-order chi connectivity index (χ1) is 9.93. The van der Waals surface area contributed by atoms with Crippen LogP contribution in [0.3, 0.4) is 0 Å². The Labute approximate surface area is 125 Å². The number of nitrogens with zero attached hydrogens (tertiary/aromatic N) is 2. The summed E-state index contributed by atoms with van der Waals surface area (Å²) in [4.78, 5) is 13.7. The summed E-state index contributed by atoms with van der Waals surface area (Å²) in [5.41, 5.74) is 1.67. The molecule has 0 aliphatic rings. The Morgan fingerprint density at radius 3 is 2.71 bits per heavy atom. The maximum Gasteiger partial charge on any atom is 0.287 e. The molecule has 7 nitrogen and oxygen atoms in total. The van der Waals surface area contributed by atoms with Crippen LogP contribution < -0.4 is 16.0 Å². The molecule has 21 heavy (non-hydrogen) atoms. The number of nitrogen functional groups attached to an aromatic ring is 1. The van der Waals surface area contributed by atoms with Gasteiger partial charge < -0.3 is 10.2 Å². The zero-order valence-corrected chi connectivity index (χ0v) is 11.7. The monoisotopic (exact) mass is 360 g/mol. The number of nitro benzene ring substituents is 1. The van der Waals surface area contributed by atoms with Crippen LogP contribution in [0.15, 0.2) is 28.7 Å². The Kier molecular flexibility index (Phi) is 4.29. The summed E-state index contributed by atoms with van der Waals surface area (Å²) in [6, 6.07) is 4.47. The topological polar surface area (TPSA) is 103 Å². The van der Waals surface area contributed by atoms with Gasteiger partial charge in [0.25, 0.3) is 11.6 Å². The Bertz CT molecular complexity index is 714. The zero-order chi connectivity index (χ0) is 15.6. The van der Waals surface area contributed by atoms with Gasteiger partial charge in [-0.1, -0.05) is 6.07 Å². The Morgan fingerprint density at radius 2 is 2.10 bits per heavy atom. The summed E-state index contributed by atoms with van der Waals surface area (Å²) in [6.45, 7) is 0. The number of halogens is 3. The summed E-state index contributed by atoms with van der Waals surface area (Å²) >= 11 is 2.98. The van der Waals surface area contributed by atoms with Crippen LogP contribution in [-0.4, -0.2) is 9.91 Å². The van der Waals surface area contributed by atoms with E-state index in [2.05, 4.69) is 20.9 Å². The van der Waals surface area contributed by atoms with Crippen molar-refractivity contribution in [2.24, 2.45) is 5.84 Å². The van der Waals surface area contributed by atoms with E-state index in [4.69, 9.17) is 10.6 Å². The molecule has 0 aliphatic carbocycles. The molecule has 3 N–H and O–H groups in total. The lowest BCUT2D eigenvalue weighted by molar-refractivity contribution is -0.385. The van der Waals surface area contributed by atoms with Crippen molar-refractivity contribution >= 4 is 27.4 Å². The second kappa shape index (κ2) is 5.97. The Balaban J connectivity index is 2.43.